The van der Waals surface area contributed by atoms with Gasteiger partial charge < -0.3 is 4.74 Å². The zero-order chi connectivity index (χ0) is 21.8. The Morgan fingerprint density at radius 1 is 1.24 bits per heavy atom. The van der Waals surface area contributed by atoms with Crippen LogP contribution >= 0.6 is 0 Å². The number of ether oxygens (including phenoxy) is 1. The van der Waals surface area contributed by atoms with E-state index in [1.54, 1.807) is 0 Å². The number of hydrazine groups is 1. The van der Waals surface area contributed by atoms with Gasteiger partial charge in [0.05, 0.1) is 11.5 Å². The van der Waals surface area contributed by atoms with E-state index in [2.05, 4.69) is 15.8 Å². The molecule has 0 radical (unpaired) electrons. The van der Waals surface area contributed by atoms with Crippen molar-refractivity contribution >= 4 is 23.4 Å². The van der Waals surface area contributed by atoms with Crippen molar-refractivity contribution < 1.29 is 32.4 Å². The third kappa shape index (κ3) is 5.18. The molecule has 0 unspecified atom stereocenters. The van der Waals surface area contributed by atoms with Crippen LogP contribution in [0.4, 0.5) is 24.7 Å². The number of halogens is 3. The first-order valence-electron chi connectivity index (χ1n) is 8.11. The van der Waals surface area contributed by atoms with Crippen LogP contribution in [0.25, 0.3) is 0 Å². The van der Waals surface area contributed by atoms with Gasteiger partial charge in [-0.1, -0.05) is 0 Å². The molecule has 0 spiro atoms. The molecule has 1 heterocycles. The number of aromatic nitrogens is 1. The summed E-state index contributed by atoms with van der Waals surface area (Å²) < 4.78 is 44.0. The molecule has 0 aliphatic rings. The summed E-state index contributed by atoms with van der Waals surface area (Å²) in [5.41, 5.74) is 2.46. The third-order valence-electron chi connectivity index (χ3n) is 3.62. The number of benzene rings is 1. The largest absolute Gasteiger partial charge is 0.462 e. The standard InChI is InChI=1S/C17H15F3N4O5/c1-3-29-16(26)13-9(2)8-12(17(18,19)20)21-14(13)22-23-15(25)10-4-6-11(7-5-10)24(27)28/h4-8H,3H2,1-2H3,(H,21,22)(H,23,25). The molecule has 2 aromatic rings. The highest BCUT2D eigenvalue weighted by Gasteiger charge is 2.35. The topological polar surface area (TPSA) is 123 Å². The number of amides is 1. The van der Waals surface area contributed by atoms with Crippen molar-refractivity contribution in [3.63, 3.8) is 0 Å². The summed E-state index contributed by atoms with van der Waals surface area (Å²) in [5, 5.41) is 10.6. The Hall–Kier alpha value is -3.70. The van der Waals surface area contributed by atoms with Gasteiger partial charge in [-0.2, -0.15) is 13.2 Å². The fourth-order valence-corrected chi connectivity index (χ4v) is 2.29. The van der Waals surface area contributed by atoms with Gasteiger partial charge in [-0.15, -0.1) is 0 Å². The number of aryl methyl sites for hydroxylation is 1. The van der Waals surface area contributed by atoms with Crippen molar-refractivity contribution in [3.05, 3.63) is 62.8 Å². The van der Waals surface area contributed by atoms with Crippen LogP contribution in [-0.4, -0.2) is 28.4 Å². The van der Waals surface area contributed by atoms with Gasteiger partial charge in [-0.25, -0.2) is 9.78 Å². The summed E-state index contributed by atoms with van der Waals surface area (Å²) in [6.45, 7) is 2.77. The number of nitro benzene ring substituents is 1. The number of esters is 1. The van der Waals surface area contributed by atoms with Gasteiger partial charge in [0, 0.05) is 17.7 Å². The van der Waals surface area contributed by atoms with Crippen LogP contribution in [0.5, 0.6) is 0 Å². The van der Waals surface area contributed by atoms with Gasteiger partial charge in [0.1, 0.15) is 11.3 Å². The minimum Gasteiger partial charge on any atom is -0.462 e. The van der Waals surface area contributed by atoms with E-state index in [4.69, 9.17) is 4.74 Å². The molecule has 0 bridgehead atoms. The Morgan fingerprint density at radius 2 is 1.86 bits per heavy atom. The number of rotatable bonds is 6. The molecule has 0 aliphatic heterocycles. The van der Waals surface area contributed by atoms with Crippen molar-refractivity contribution in [2.75, 3.05) is 12.0 Å². The van der Waals surface area contributed by atoms with E-state index in [9.17, 15) is 32.9 Å². The third-order valence-corrected chi connectivity index (χ3v) is 3.62. The van der Waals surface area contributed by atoms with Crippen LogP contribution in [-0.2, 0) is 10.9 Å². The fraction of sp³-hybridized carbons (Fsp3) is 0.235. The van der Waals surface area contributed by atoms with Gasteiger partial charge in [0.15, 0.2) is 5.82 Å². The lowest BCUT2D eigenvalue weighted by atomic mass is 10.1. The van der Waals surface area contributed by atoms with E-state index in [1.165, 1.54) is 13.8 Å². The van der Waals surface area contributed by atoms with E-state index in [-0.39, 0.29) is 29.0 Å². The number of nitrogens with zero attached hydrogens (tertiary/aromatic N) is 2. The molecule has 29 heavy (non-hydrogen) atoms. The zero-order valence-corrected chi connectivity index (χ0v) is 15.2. The maximum Gasteiger partial charge on any atom is 0.433 e. The SMILES string of the molecule is CCOC(=O)c1c(C)cc(C(F)(F)F)nc1NNC(=O)c1ccc([N+](=O)[O-])cc1. The number of alkyl halides is 3. The minimum atomic E-state index is -4.78. The molecule has 2 N–H and O–H groups in total. The molecule has 12 heteroatoms. The maximum absolute atomic E-state index is 13.0. The van der Waals surface area contributed by atoms with Crippen LogP contribution < -0.4 is 10.9 Å². The van der Waals surface area contributed by atoms with Crippen molar-refractivity contribution in [2.45, 2.75) is 20.0 Å². The molecule has 1 aromatic carbocycles. The molecular formula is C17H15F3N4O5. The van der Waals surface area contributed by atoms with Gasteiger partial charge in [-0.05, 0) is 37.6 Å². The van der Waals surface area contributed by atoms with Crippen LogP contribution in [0.3, 0.4) is 0 Å². The average molecular weight is 412 g/mol. The molecule has 0 saturated heterocycles. The summed E-state index contributed by atoms with van der Waals surface area (Å²) in [6.07, 6.45) is -4.78. The highest BCUT2D eigenvalue weighted by atomic mass is 19.4. The Balaban J connectivity index is 2.31. The zero-order valence-electron chi connectivity index (χ0n) is 15.2. The first kappa shape index (κ1) is 21.6. The van der Waals surface area contributed by atoms with Gasteiger partial charge >= 0.3 is 12.1 Å². The van der Waals surface area contributed by atoms with Crippen molar-refractivity contribution in [1.29, 1.82) is 0 Å². The van der Waals surface area contributed by atoms with Gasteiger partial charge in [0.25, 0.3) is 11.6 Å². The maximum atomic E-state index is 13.0. The smallest absolute Gasteiger partial charge is 0.433 e. The minimum absolute atomic E-state index is 0.00974. The average Bonchev–Trinajstić information content (AvgIpc) is 2.65. The Labute approximate surface area is 162 Å². The number of nitrogens with one attached hydrogen (secondary N) is 2. The number of pyridine rings is 1. The molecule has 0 atom stereocenters. The van der Waals surface area contributed by atoms with Gasteiger partial charge in [0.2, 0.25) is 0 Å². The Bertz CT molecular complexity index is 945. The molecule has 1 aromatic heterocycles. The number of hydrogen-bond acceptors (Lipinski definition) is 7. The lowest BCUT2D eigenvalue weighted by Gasteiger charge is -2.16. The molecule has 1 amide bonds. The normalized spacial score (nSPS) is 10.9. The second kappa shape index (κ2) is 8.54. The van der Waals surface area contributed by atoms with Crippen molar-refractivity contribution in [3.8, 4) is 0 Å². The van der Waals surface area contributed by atoms with E-state index in [1.807, 2.05) is 0 Å². The summed E-state index contributed by atoms with van der Waals surface area (Å²) in [7, 11) is 0. The van der Waals surface area contributed by atoms with Crippen molar-refractivity contribution in [1.82, 2.24) is 10.4 Å². The van der Waals surface area contributed by atoms with E-state index in [0.717, 1.165) is 24.3 Å². The lowest BCUT2D eigenvalue weighted by Crippen LogP contribution is -2.31. The van der Waals surface area contributed by atoms with Gasteiger partial charge in [-0.3, -0.25) is 25.8 Å². The molecular weight excluding hydrogens is 397 g/mol. The molecule has 0 saturated carbocycles. The molecule has 2 rings (SSSR count). The second-order valence-electron chi connectivity index (χ2n) is 5.65. The van der Waals surface area contributed by atoms with Crippen molar-refractivity contribution in [2.24, 2.45) is 0 Å². The molecule has 0 fully saturated rings. The quantitative estimate of drug-likeness (QED) is 0.424. The number of nitro groups is 1. The predicted molar refractivity (Wildman–Crippen MR) is 94.1 cm³/mol. The fourth-order valence-electron chi connectivity index (χ4n) is 2.29. The summed E-state index contributed by atoms with van der Waals surface area (Å²) >= 11 is 0. The monoisotopic (exact) mass is 412 g/mol. The number of non-ortho nitro benzene ring substituents is 1. The summed E-state index contributed by atoms with van der Waals surface area (Å²) in [6, 6.07) is 5.19. The van der Waals surface area contributed by atoms with E-state index >= 15 is 0 Å². The highest BCUT2D eigenvalue weighted by molar-refractivity contribution is 5.98. The molecule has 0 aliphatic carbocycles. The van der Waals surface area contributed by atoms with Crippen LogP contribution in [0, 0.1) is 17.0 Å². The number of hydrogen-bond donors (Lipinski definition) is 2. The first-order valence-corrected chi connectivity index (χ1v) is 8.11. The summed E-state index contributed by atoms with van der Waals surface area (Å²) in [4.78, 5) is 37.6. The number of carbonyl (C=O) groups is 2. The van der Waals surface area contributed by atoms with Crippen LogP contribution in [0.2, 0.25) is 0 Å². The number of anilines is 1. The summed E-state index contributed by atoms with van der Waals surface area (Å²) in [5.74, 6) is -2.28. The lowest BCUT2D eigenvalue weighted by molar-refractivity contribution is -0.384. The molecule has 9 nitrogen and oxygen atoms in total. The van der Waals surface area contributed by atoms with E-state index in [0.29, 0.717) is 6.07 Å². The van der Waals surface area contributed by atoms with Crippen LogP contribution in [0.1, 0.15) is 38.9 Å². The van der Waals surface area contributed by atoms with E-state index < -0.39 is 34.5 Å². The predicted octanol–water partition coefficient (Wildman–Crippen LogP) is 3.25. The molecule has 154 valence electrons. The first-order chi connectivity index (χ1) is 13.5. The van der Waals surface area contributed by atoms with Crippen LogP contribution in [0.15, 0.2) is 30.3 Å². The highest BCUT2D eigenvalue weighted by Crippen LogP contribution is 2.31. The Kier molecular flexibility index (Phi) is 6.36. The Morgan fingerprint density at radius 3 is 2.38 bits per heavy atom. The number of carbonyl (C=O) groups excluding carboxylic acids is 2. The second-order valence-corrected chi connectivity index (χ2v) is 5.65.